The van der Waals surface area contributed by atoms with Crippen LogP contribution in [0.5, 0.6) is 5.75 Å². The molecule has 1 heterocycles. The molecule has 0 aliphatic heterocycles. The predicted octanol–water partition coefficient (Wildman–Crippen LogP) is 3.98. The van der Waals surface area contributed by atoms with Crippen LogP contribution in [-0.4, -0.2) is 27.6 Å². The Labute approximate surface area is 140 Å². The molecular formula is C18H19N3OS. The van der Waals surface area contributed by atoms with Gasteiger partial charge in [-0.2, -0.15) is 0 Å². The maximum atomic E-state index is 5.51. The van der Waals surface area contributed by atoms with E-state index in [9.17, 15) is 0 Å². The highest BCUT2D eigenvalue weighted by Crippen LogP contribution is 2.23. The van der Waals surface area contributed by atoms with E-state index in [0.717, 1.165) is 28.8 Å². The van der Waals surface area contributed by atoms with Gasteiger partial charge >= 0.3 is 0 Å². The number of hydrogen-bond donors (Lipinski definition) is 0. The van der Waals surface area contributed by atoms with Gasteiger partial charge in [-0.15, -0.1) is 10.2 Å². The number of hydrogen-bond acceptors (Lipinski definition) is 4. The summed E-state index contributed by atoms with van der Waals surface area (Å²) in [6.45, 7) is 2.65. The van der Waals surface area contributed by atoms with Gasteiger partial charge in [0.15, 0.2) is 5.16 Å². The van der Waals surface area contributed by atoms with Gasteiger partial charge in [-0.05, 0) is 43.0 Å². The molecule has 0 N–H and O–H groups in total. The minimum atomic E-state index is 0.668. The highest BCUT2D eigenvalue weighted by atomic mass is 32.2. The van der Waals surface area contributed by atoms with E-state index in [1.807, 2.05) is 55.6 Å². The lowest BCUT2D eigenvalue weighted by Gasteiger charge is -2.10. The van der Waals surface area contributed by atoms with E-state index < -0.39 is 0 Å². The number of aromatic nitrogens is 3. The van der Waals surface area contributed by atoms with Gasteiger partial charge in [0, 0.05) is 12.1 Å². The number of ether oxygens (including phenoxy) is 1. The lowest BCUT2D eigenvalue weighted by Crippen LogP contribution is -2.03. The van der Waals surface area contributed by atoms with Crippen LogP contribution in [-0.2, 0) is 6.42 Å². The third-order valence-electron chi connectivity index (χ3n) is 3.49. The molecule has 0 amide bonds. The fourth-order valence-electron chi connectivity index (χ4n) is 2.44. The zero-order valence-corrected chi connectivity index (χ0v) is 14.1. The Bertz CT molecular complexity index is 754. The third kappa shape index (κ3) is 3.56. The smallest absolute Gasteiger partial charge is 0.195 e. The van der Waals surface area contributed by atoms with Crippen molar-refractivity contribution in [1.29, 1.82) is 0 Å². The van der Waals surface area contributed by atoms with Crippen LogP contribution in [0.25, 0.3) is 5.69 Å². The molecule has 1 aromatic heterocycles. The summed E-state index contributed by atoms with van der Waals surface area (Å²) in [5.74, 6) is 1.81. The summed E-state index contributed by atoms with van der Waals surface area (Å²) in [4.78, 5) is 0. The molecule has 0 saturated carbocycles. The Morgan fingerprint density at radius 2 is 1.74 bits per heavy atom. The maximum absolute atomic E-state index is 5.51. The van der Waals surface area contributed by atoms with Crippen molar-refractivity contribution in [3.05, 3.63) is 66.0 Å². The quantitative estimate of drug-likeness (QED) is 0.643. The van der Waals surface area contributed by atoms with Gasteiger partial charge in [0.05, 0.1) is 6.61 Å². The molecule has 2 aromatic carbocycles. The first-order valence-electron chi connectivity index (χ1n) is 7.57. The minimum absolute atomic E-state index is 0.668. The topological polar surface area (TPSA) is 39.9 Å². The number of benzene rings is 2. The van der Waals surface area contributed by atoms with Crippen LogP contribution in [0.1, 0.15) is 18.3 Å². The second kappa shape index (κ2) is 7.33. The second-order valence-corrected chi connectivity index (χ2v) is 5.80. The molecule has 118 valence electrons. The molecule has 3 aromatic rings. The van der Waals surface area contributed by atoms with Crippen LogP contribution in [0.3, 0.4) is 0 Å². The van der Waals surface area contributed by atoms with Gasteiger partial charge < -0.3 is 4.74 Å². The van der Waals surface area contributed by atoms with Crippen molar-refractivity contribution in [3.8, 4) is 11.4 Å². The SMILES string of the molecule is CCOc1ccc(-n2c(Cc3ccccc3)nnc2SC)cc1. The maximum Gasteiger partial charge on any atom is 0.195 e. The summed E-state index contributed by atoms with van der Waals surface area (Å²) in [5.41, 5.74) is 2.27. The number of thioether (sulfide) groups is 1. The summed E-state index contributed by atoms with van der Waals surface area (Å²) in [5, 5.41) is 9.58. The van der Waals surface area contributed by atoms with E-state index in [0.29, 0.717) is 6.61 Å². The molecular weight excluding hydrogens is 306 g/mol. The summed E-state index contributed by atoms with van der Waals surface area (Å²) >= 11 is 1.59. The zero-order valence-electron chi connectivity index (χ0n) is 13.3. The molecule has 0 atom stereocenters. The summed E-state index contributed by atoms with van der Waals surface area (Å²) in [6.07, 6.45) is 2.77. The Hall–Kier alpha value is -2.27. The summed E-state index contributed by atoms with van der Waals surface area (Å²) in [6, 6.07) is 18.4. The van der Waals surface area contributed by atoms with Crippen molar-refractivity contribution in [1.82, 2.24) is 14.8 Å². The molecule has 0 fully saturated rings. The predicted molar refractivity (Wildman–Crippen MR) is 93.6 cm³/mol. The minimum Gasteiger partial charge on any atom is -0.494 e. The normalized spacial score (nSPS) is 10.7. The molecule has 0 aliphatic carbocycles. The molecule has 0 aliphatic rings. The highest BCUT2D eigenvalue weighted by molar-refractivity contribution is 7.98. The van der Waals surface area contributed by atoms with Crippen LogP contribution >= 0.6 is 11.8 Å². The summed E-state index contributed by atoms with van der Waals surface area (Å²) < 4.78 is 7.62. The van der Waals surface area contributed by atoms with Crippen molar-refractivity contribution in [2.75, 3.05) is 12.9 Å². The second-order valence-electron chi connectivity index (χ2n) is 5.03. The molecule has 3 rings (SSSR count). The average Bonchev–Trinajstić information content (AvgIpc) is 2.99. The molecule has 0 radical (unpaired) electrons. The van der Waals surface area contributed by atoms with Crippen molar-refractivity contribution in [3.63, 3.8) is 0 Å². The monoisotopic (exact) mass is 325 g/mol. The standard InChI is InChI=1S/C18H19N3OS/c1-3-22-16-11-9-15(10-12-16)21-17(19-20-18(21)23-2)13-14-7-5-4-6-8-14/h4-12H,3,13H2,1-2H3. The van der Waals surface area contributed by atoms with Crippen LogP contribution < -0.4 is 4.74 Å². The van der Waals surface area contributed by atoms with E-state index in [1.165, 1.54) is 5.56 Å². The highest BCUT2D eigenvalue weighted by Gasteiger charge is 2.13. The van der Waals surface area contributed by atoms with Crippen LogP contribution in [0.4, 0.5) is 0 Å². The first-order valence-corrected chi connectivity index (χ1v) is 8.79. The largest absolute Gasteiger partial charge is 0.494 e. The lowest BCUT2D eigenvalue weighted by atomic mass is 10.1. The fourth-order valence-corrected chi connectivity index (χ4v) is 2.96. The Morgan fingerprint density at radius 3 is 2.39 bits per heavy atom. The number of rotatable bonds is 6. The zero-order chi connectivity index (χ0) is 16.1. The van der Waals surface area contributed by atoms with E-state index in [4.69, 9.17) is 4.74 Å². The fraction of sp³-hybridized carbons (Fsp3) is 0.222. The Balaban J connectivity index is 1.95. The molecule has 5 heteroatoms. The van der Waals surface area contributed by atoms with E-state index in [2.05, 4.69) is 26.9 Å². The molecule has 0 saturated heterocycles. The van der Waals surface area contributed by atoms with Crippen LogP contribution in [0.15, 0.2) is 59.8 Å². The van der Waals surface area contributed by atoms with Gasteiger partial charge in [0.25, 0.3) is 0 Å². The average molecular weight is 325 g/mol. The first kappa shape index (κ1) is 15.6. The van der Waals surface area contributed by atoms with E-state index in [-0.39, 0.29) is 0 Å². The van der Waals surface area contributed by atoms with E-state index >= 15 is 0 Å². The van der Waals surface area contributed by atoms with Gasteiger partial charge in [-0.1, -0.05) is 42.1 Å². The van der Waals surface area contributed by atoms with Gasteiger partial charge in [0.1, 0.15) is 11.6 Å². The van der Waals surface area contributed by atoms with E-state index in [1.54, 1.807) is 11.8 Å². The molecule has 0 unspecified atom stereocenters. The van der Waals surface area contributed by atoms with Gasteiger partial charge in [-0.25, -0.2) is 0 Å². The van der Waals surface area contributed by atoms with Crippen molar-refractivity contribution in [2.45, 2.75) is 18.5 Å². The van der Waals surface area contributed by atoms with Crippen LogP contribution in [0, 0.1) is 0 Å². The molecule has 0 spiro atoms. The van der Waals surface area contributed by atoms with Crippen molar-refractivity contribution >= 4 is 11.8 Å². The number of nitrogens with zero attached hydrogens (tertiary/aromatic N) is 3. The molecule has 4 nitrogen and oxygen atoms in total. The molecule has 23 heavy (non-hydrogen) atoms. The third-order valence-corrected chi connectivity index (χ3v) is 4.12. The van der Waals surface area contributed by atoms with Gasteiger partial charge in [-0.3, -0.25) is 4.57 Å². The Kier molecular flexibility index (Phi) is 4.98. The molecule has 0 bridgehead atoms. The van der Waals surface area contributed by atoms with Crippen LogP contribution in [0.2, 0.25) is 0 Å². The van der Waals surface area contributed by atoms with Crippen molar-refractivity contribution in [2.24, 2.45) is 0 Å². The Morgan fingerprint density at radius 1 is 1.00 bits per heavy atom. The first-order chi connectivity index (χ1) is 11.3. The van der Waals surface area contributed by atoms with Crippen molar-refractivity contribution < 1.29 is 4.74 Å². The summed E-state index contributed by atoms with van der Waals surface area (Å²) in [7, 11) is 0. The van der Waals surface area contributed by atoms with Gasteiger partial charge in [0.2, 0.25) is 0 Å². The lowest BCUT2D eigenvalue weighted by molar-refractivity contribution is 0.340.